The van der Waals surface area contributed by atoms with Gasteiger partial charge in [0.15, 0.2) is 17.3 Å². The van der Waals surface area contributed by atoms with Crippen molar-refractivity contribution in [3.8, 4) is 5.75 Å². The zero-order valence-electron chi connectivity index (χ0n) is 36.5. The lowest BCUT2D eigenvalue weighted by Gasteiger charge is -2.08. The number of pyridine rings is 1. The summed E-state index contributed by atoms with van der Waals surface area (Å²) in [7, 11) is -2.24. The number of aliphatic carboxylic acids is 1. The Hall–Kier alpha value is -5.85. The number of anilines is 1. The Morgan fingerprint density at radius 1 is 0.667 bits per heavy atom. The zero-order valence-corrected chi connectivity index (χ0v) is 37.3. The van der Waals surface area contributed by atoms with Gasteiger partial charge in [-0.05, 0) is 61.7 Å². The molecule has 4 aromatic rings. The van der Waals surface area contributed by atoms with E-state index in [1.165, 1.54) is 37.4 Å². The number of carboxylic acid groups (broad SMARTS) is 1. The van der Waals surface area contributed by atoms with Crippen LogP contribution in [0.1, 0.15) is 62.4 Å². The highest BCUT2D eigenvalue weighted by Crippen LogP contribution is 2.15. The highest BCUT2D eigenvalue weighted by atomic mass is 32.2. The fourth-order valence-corrected chi connectivity index (χ4v) is 5.78. The molecule has 0 radical (unpaired) electrons. The number of Topliss-reactive ketones (excluding diaryl/α,β-unsaturated/α-hetero) is 3. The molecule has 16 nitrogen and oxygen atoms in total. The summed E-state index contributed by atoms with van der Waals surface area (Å²) in [6.07, 6.45) is 2.85. The Morgan fingerprint density at radius 2 is 1.22 bits per heavy atom. The van der Waals surface area contributed by atoms with Gasteiger partial charge < -0.3 is 34.1 Å². The lowest BCUT2D eigenvalue weighted by molar-refractivity contribution is -0.136. The van der Waals surface area contributed by atoms with Crippen LogP contribution in [0, 0.1) is 0 Å². The van der Waals surface area contributed by atoms with Gasteiger partial charge in [-0.3, -0.25) is 28.7 Å². The van der Waals surface area contributed by atoms with Crippen LogP contribution >= 0.6 is 0 Å². The number of nitrogens with zero attached hydrogens (tertiary/aromatic N) is 1. The summed E-state index contributed by atoms with van der Waals surface area (Å²) >= 11 is 0. The molecular weight excluding hydrogens is 835 g/mol. The molecular formula is C46H61N3O13S. The molecule has 63 heavy (non-hydrogen) atoms. The molecule has 0 unspecified atom stereocenters. The third-order valence-electron chi connectivity index (χ3n) is 7.72. The van der Waals surface area contributed by atoms with Gasteiger partial charge in [0.05, 0.1) is 57.0 Å². The van der Waals surface area contributed by atoms with E-state index >= 15 is 0 Å². The Morgan fingerprint density at radius 3 is 1.76 bits per heavy atom. The molecule has 0 fully saturated rings. The first-order chi connectivity index (χ1) is 30.4. The van der Waals surface area contributed by atoms with Crippen molar-refractivity contribution in [3.63, 3.8) is 0 Å². The summed E-state index contributed by atoms with van der Waals surface area (Å²) in [5.41, 5.74) is 0.931. The minimum Gasteiger partial charge on any atom is -0.497 e. The molecule has 1 amide bonds. The predicted octanol–water partition coefficient (Wildman–Crippen LogP) is 6.00. The number of carbonyl (C=O) groups excluding carboxylic acids is 4. The van der Waals surface area contributed by atoms with Gasteiger partial charge in [0.2, 0.25) is 0 Å². The quantitative estimate of drug-likeness (QED) is 0.0585. The smallest absolute Gasteiger partial charge is 0.307 e. The van der Waals surface area contributed by atoms with Crippen LogP contribution in [0.4, 0.5) is 5.82 Å². The molecule has 0 atom stereocenters. The number of aromatic nitrogens is 1. The number of methoxy groups -OCH3 is 1. The first-order valence-corrected chi connectivity index (χ1v) is 21.9. The maximum Gasteiger partial charge on any atom is 0.307 e. The van der Waals surface area contributed by atoms with E-state index in [0.29, 0.717) is 51.4 Å². The van der Waals surface area contributed by atoms with E-state index in [2.05, 4.69) is 15.0 Å². The summed E-state index contributed by atoms with van der Waals surface area (Å²) < 4.78 is 53.1. The van der Waals surface area contributed by atoms with Crippen LogP contribution in [-0.2, 0) is 54.6 Å². The number of rotatable bonds is 27. The highest BCUT2D eigenvalue weighted by molar-refractivity contribution is 7.92. The Labute approximate surface area is 370 Å². The Bertz CT molecular complexity index is 1960. The molecule has 344 valence electrons. The number of ether oxygens (including phenoxy) is 5. The monoisotopic (exact) mass is 895 g/mol. The van der Waals surface area contributed by atoms with Crippen molar-refractivity contribution in [1.82, 2.24) is 10.3 Å². The average Bonchev–Trinajstić information content (AvgIpc) is 3.29. The maximum absolute atomic E-state index is 12.4. The van der Waals surface area contributed by atoms with Crippen LogP contribution in [-0.4, -0.2) is 114 Å². The van der Waals surface area contributed by atoms with E-state index in [0.717, 1.165) is 5.56 Å². The molecule has 0 saturated heterocycles. The number of sulfonamides is 1. The molecule has 4 rings (SSSR count). The lowest BCUT2D eigenvalue weighted by atomic mass is 10.1. The standard InChI is InChI=1S/C29H39N3O10S.C9H10O3.C6H6.C2H6/c1-23(33)21-41-17-15-40-14-6-8-26(35)22-42-18-16-39-13-5-7-25(34)20-31-29(36)24-11-12-28(30-19-24)32-43(37,38)27-9-3-2-4-10-27;1-12-8-4-2-3-7(5-8)6-9(10)11;1-2-4-6-5-3-1;1-2/h2-4,9-12,19H,5-8,13-18,20-22H2,1H3,(H,30,32)(H,31,36);2-5H,6H2,1H3,(H,10,11);1-6H;1-2H3. The normalized spacial score (nSPS) is 10.3. The number of amides is 1. The van der Waals surface area contributed by atoms with Crippen molar-refractivity contribution in [1.29, 1.82) is 0 Å². The largest absolute Gasteiger partial charge is 0.497 e. The molecule has 3 aromatic carbocycles. The van der Waals surface area contributed by atoms with Gasteiger partial charge in [0.25, 0.3) is 15.9 Å². The summed E-state index contributed by atoms with van der Waals surface area (Å²) in [5.74, 6) is -0.849. The minimum absolute atomic E-state index is 0.00911. The minimum atomic E-state index is -3.80. The highest BCUT2D eigenvalue weighted by Gasteiger charge is 2.15. The number of carboxylic acids is 1. The van der Waals surface area contributed by atoms with E-state index < -0.39 is 21.9 Å². The van der Waals surface area contributed by atoms with Gasteiger partial charge in [0, 0.05) is 32.3 Å². The SMILES string of the molecule is CC.CC(=O)COCCOCCCC(=O)COCCOCCCC(=O)CNC(=O)c1ccc(NS(=O)(=O)c2ccccc2)nc1.COc1cccc(CC(=O)O)c1.c1ccccc1. The average molecular weight is 896 g/mol. The number of hydrogen-bond acceptors (Lipinski definition) is 13. The van der Waals surface area contributed by atoms with Gasteiger partial charge in [-0.15, -0.1) is 0 Å². The van der Waals surface area contributed by atoms with Gasteiger partial charge >= 0.3 is 5.97 Å². The summed E-state index contributed by atoms with van der Waals surface area (Å²) in [6.45, 7) is 7.34. The van der Waals surface area contributed by atoms with Crippen LogP contribution in [0.5, 0.6) is 5.75 Å². The molecule has 0 aliphatic carbocycles. The lowest BCUT2D eigenvalue weighted by Crippen LogP contribution is -2.29. The van der Waals surface area contributed by atoms with Gasteiger partial charge in [-0.25, -0.2) is 13.4 Å². The number of benzene rings is 3. The van der Waals surface area contributed by atoms with Crippen molar-refractivity contribution in [3.05, 3.63) is 120 Å². The van der Waals surface area contributed by atoms with Gasteiger partial charge in [0.1, 0.15) is 24.8 Å². The number of hydrogen-bond donors (Lipinski definition) is 3. The van der Waals surface area contributed by atoms with Crippen molar-refractivity contribution < 1.29 is 61.2 Å². The van der Waals surface area contributed by atoms with Crippen LogP contribution in [0.2, 0.25) is 0 Å². The zero-order chi connectivity index (χ0) is 46.6. The Balaban J connectivity index is 0.000000805. The first-order valence-electron chi connectivity index (χ1n) is 20.4. The second kappa shape index (κ2) is 34.7. The molecule has 1 heterocycles. The van der Waals surface area contributed by atoms with Crippen molar-refractivity contribution in [2.75, 3.05) is 71.2 Å². The number of carbonyl (C=O) groups is 5. The summed E-state index contributed by atoms with van der Waals surface area (Å²) in [4.78, 5) is 61.3. The second-order valence-electron chi connectivity index (χ2n) is 12.9. The van der Waals surface area contributed by atoms with E-state index in [-0.39, 0.29) is 79.4 Å². The maximum atomic E-state index is 12.4. The summed E-state index contributed by atoms with van der Waals surface area (Å²) in [5, 5.41) is 11.0. The fourth-order valence-electron chi connectivity index (χ4n) is 4.75. The number of nitrogens with one attached hydrogen (secondary N) is 2. The van der Waals surface area contributed by atoms with Crippen molar-refractivity contribution in [2.45, 2.75) is 57.8 Å². The Kier molecular flexibility index (Phi) is 30.4. The van der Waals surface area contributed by atoms with Crippen LogP contribution in [0.15, 0.2) is 114 Å². The van der Waals surface area contributed by atoms with Gasteiger partial charge in [-0.1, -0.05) is 80.6 Å². The van der Waals surface area contributed by atoms with E-state index in [1.807, 2.05) is 50.2 Å². The van der Waals surface area contributed by atoms with E-state index in [9.17, 15) is 32.4 Å². The van der Waals surface area contributed by atoms with Crippen molar-refractivity contribution >= 4 is 45.1 Å². The molecule has 0 aliphatic rings. The third-order valence-corrected chi connectivity index (χ3v) is 9.09. The van der Waals surface area contributed by atoms with E-state index in [4.69, 9.17) is 28.8 Å². The van der Waals surface area contributed by atoms with Crippen LogP contribution < -0.4 is 14.8 Å². The molecule has 17 heteroatoms. The molecule has 3 N–H and O–H groups in total. The molecule has 0 spiro atoms. The summed E-state index contributed by atoms with van der Waals surface area (Å²) in [6, 6.07) is 29.6. The topological polar surface area (TPSA) is 223 Å². The van der Waals surface area contributed by atoms with E-state index in [1.54, 1.807) is 49.6 Å². The van der Waals surface area contributed by atoms with Crippen LogP contribution in [0.3, 0.4) is 0 Å². The molecule has 0 bridgehead atoms. The second-order valence-corrected chi connectivity index (χ2v) is 14.6. The fraction of sp³-hybridized carbons (Fsp3) is 0.391. The predicted molar refractivity (Wildman–Crippen MR) is 238 cm³/mol. The first kappa shape index (κ1) is 55.2. The van der Waals surface area contributed by atoms with Gasteiger partial charge in [-0.2, -0.15) is 0 Å². The molecule has 0 saturated carbocycles. The van der Waals surface area contributed by atoms with Crippen LogP contribution in [0.25, 0.3) is 0 Å². The molecule has 1 aromatic heterocycles. The third kappa shape index (κ3) is 28.4. The number of ketones is 3. The van der Waals surface area contributed by atoms with Crippen molar-refractivity contribution in [2.24, 2.45) is 0 Å². The molecule has 0 aliphatic heterocycles.